The van der Waals surface area contributed by atoms with E-state index in [1.165, 1.54) is 12.1 Å². The summed E-state index contributed by atoms with van der Waals surface area (Å²) in [7, 11) is 0. The maximum Gasteiger partial charge on any atom is 0.352 e. The predicted molar refractivity (Wildman–Crippen MR) is 116 cm³/mol. The third-order valence-corrected chi connectivity index (χ3v) is 5.08. The van der Waals surface area contributed by atoms with E-state index < -0.39 is 35.6 Å². The van der Waals surface area contributed by atoms with Crippen molar-refractivity contribution in [1.82, 2.24) is 0 Å². The molecule has 1 aromatic carbocycles. The number of esters is 2. The van der Waals surface area contributed by atoms with Crippen molar-refractivity contribution in [2.45, 2.75) is 52.7 Å². The maximum atomic E-state index is 14.6. The van der Waals surface area contributed by atoms with Crippen LogP contribution in [0.25, 0.3) is 10.4 Å². The first kappa shape index (κ1) is 24.0. The van der Waals surface area contributed by atoms with Gasteiger partial charge >= 0.3 is 11.9 Å². The lowest BCUT2D eigenvalue weighted by Crippen LogP contribution is -2.28. The van der Waals surface area contributed by atoms with Gasteiger partial charge in [-0.1, -0.05) is 23.7 Å². The molecule has 2 rings (SSSR count). The second-order valence-electron chi connectivity index (χ2n) is 8.49. The molecule has 0 atom stereocenters. The molecule has 1 aromatic heterocycles. The van der Waals surface area contributed by atoms with Gasteiger partial charge in [0.2, 0.25) is 0 Å². The first-order chi connectivity index (χ1) is 13.7. The molecule has 0 aliphatic heterocycles. The van der Waals surface area contributed by atoms with Crippen LogP contribution in [0.3, 0.4) is 0 Å². The Morgan fingerprint density at radius 2 is 1.70 bits per heavy atom. The van der Waals surface area contributed by atoms with Crippen LogP contribution in [0.2, 0.25) is 5.02 Å². The second-order valence-corrected chi connectivity index (χ2v) is 9.89. The summed E-state index contributed by atoms with van der Waals surface area (Å²) >= 11 is 7.33. The molecule has 1 heterocycles. The molecule has 2 N–H and O–H groups in total. The molecule has 9 heteroatoms. The summed E-state index contributed by atoms with van der Waals surface area (Å²) in [6.07, 6.45) is 0. The molecule has 0 bridgehead atoms. The number of rotatable bonds is 5. The molecule has 2 aromatic rings. The highest BCUT2D eigenvalue weighted by molar-refractivity contribution is 7.18. The molecule has 0 fully saturated rings. The number of benzene rings is 1. The van der Waals surface area contributed by atoms with E-state index in [2.05, 4.69) is 0 Å². The molecule has 0 aliphatic carbocycles. The summed E-state index contributed by atoms with van der Waals surface area (Å²) in [6.45, 7) is 9.79. The number of nitrogens with two attached hydrogens (primary N) is 1. The van der Waals surface area contributed by atoms with Crippen LogP contribution in [0.1, 0.15) is 51.2 Å². The standard InChI is InChI=1S/C21H25ClFNO5S/c1-20(2,3)28-13(25)10-27-16-14(22)17(11-8-7-9-12(24)15(11)23)30-18(16)19(26)29-21(4,5)6/h7-9H,10,24H2,1-6H3. The second kappa shape index (κ2) is 8.81. The predicted octanol–water partition coefficient (Wildman–Crippen LogP) is 5.47. The number of hydrogen-bond acceptors (Lipinski definition) is 7. The molecule has 30 heavy (non-hydrogen) atoms. The fourth-order valence-electron chi connectivity index (χ4n) is 2.38. The zero-order chi connectivity index (χ0) is 22.9. The van der Waals surface area contributed by atoms with E-state index >= 15 is 0 Å². The van der Waals surface area contributed by atoms with Crippen LogP contribution < -0.4 is 10.5 Å². The molecular formula is C21H25ClFNO5S. The van der Waals surface area contributed by atoms with Crippen molar-refractivity contribution in [3.8, 4) is 16.2 Å². The number of hydrogen-bond donors (Lipinski definition) is 1. The molecule has 0 unspecified atom stereocenters. The highest BCUT2D eigenvalue weighted by Gasteiger charge is 2.30. The Balaban J connectivity index is 2.47. The summed E-state index contributed by atoms with van der Waals surface area (Å²) in [4.78, 5) is 25.0. The van der Waals surface area contributed by atoms with E-state index in [1.54, 1.807) is 47.6 Å². The van der Waals surface area contributed by atoms with Gasteiger partial charge in [0.25, 0.3) is 0 Å². The first-order valence-electron chi connectivity index (χ1n) is 9.14. The lowest BCUT2D eigenvalue weighted by atomic mass is 10.1. The van der Waals surface area contributed by atoms with Crippen LogP contribution in [-0.4, -0.2) is 29.7 Å². The van der Waals surface area contributed by atoms with Crippen molar-refractivity contribution in [1.29, 1.82) is 0 Å². The molecule has 0 saturated carbocycles. The Bertz CT molecular complexity index is 960. The summed E-state index contributed by atoms with van der Waals surface area (Å²) < 4.78 is 30.7. The number of carbonyl (C=O) groups excluding carboxylic acids is 2. The van der Waals surface area contributed by atoms with Gasteiger partial charge in [-0.15, -0.1) is 11.3 Å². The summed E-state index contributed by atoms with van der Waals surface area (Å²) in [6, 6.07) is 4.47. The molecule has 0 radical (unpaired) electrons. The van der Waals surface area contributed by atoms with Crippen molar-refractivity contribution in [3.05, 3.63) is 33.9 Å². The van der Waals surface area contributed by atoms with E-state index in [0.717, 1.165) is 11.3 Å². The lowest BCUT2D eigenvalue weighted by Gasteiger charge is -2.20. The zero-order valence-corrected chi connectivity index (χ0v) is 19.3. The number of ether oxygens (including phenoxy) is 3. The van der Waals surface area contributed by atoms with Gasteiger partial charge in [0.1, 0.15) is 16.2 Å². The Labute approximate surface area is 184 Å². The average Bonchev–Trinajstić information content (AvgIpc) is 2.89. The first-order valence-corrected chi connectivity index (χ1v) is 10.3. The highest BCUT2D eigenvalue weighted by Crippen LogP contribution is 2.47. The number of carbonyl (C=O) groups is 2. The topological polar surface area (TPSA) is 87.8 Å². The van der Waals surface area contributed by atoms with Crippen molar-refractivity contribution < 1.29 is 28.2 Å². The smallest absolute Gasteiger partial charge is 0.352 e. The number of nitrogen functional groups attached to an aromatic ring is 1. The number of thiophene rings is 1. The Hall–Kier alpha value is -2.32. The van der Waals surface area contributed by atoms with Gasteiger partial charge in [-0.3, -0.25) is 0 Å². The fourth-order valence-corrected chi connectivity index (χ4v) is 3.84. The monoisotopic (exact) mass is 457 g/mol. The molecule has 0 saturated heterocycles. The Morgan fingerprint density at radius 1 is 1.10 bits per heavy atom. The lowest BCUT2D eigenvalue weighted by molar-refractivity contribution is -0.157. The van der Waals surface area contributed by atoms with Gasteiger partial charge < -0.3 is 19.9 Å². The third kappa shape index (κ3) is 6.09. The normalized spacial score (nSPS) is 11.9. The van der Waals surface area contributed by atoms with Gasteiger partial charge in [0.05, 0.1) is 10.6 Å². The minimum absolute atomic E-state index is 0.00954. The van der Waals surface area contributed by atoms with Crippen molar-refractivity contribution >= 4 is 40.6 Å². The van der Waals surface area contributed by atoms with Crippen LogP contribution in [0.5, 0.6) is 5.75 Å². The Kier molecular flexibility index (Phi) is 7.04. The van der Waals surface area contributed by atoms with Gasteiger partial charge in [-0.2, -0.15) is 0 Å². The van der Waals surface area contributed by atoms with Crippen LogP contribution >= 0.6 is 22.9 Å². The maximum absolute atomic E-state index is 14.6. The van der Waals surface area contributed by atoms with E-state index in [9.17, 15) is 14.0 Å². The summed E-state index contributed by atoms with van der Waals surface area (Å²) in [5.41, 5.74) is 4.22. The van der Waals surface area contributed by atoms with Crippen molar-refractivity contribution in [2.75, 3.05) is 12.3 Å². The third-order valence-electron chi connectivity index (χ3n) is 3.42. The van der Waals surface area contributed by atoms with Gasteiger partial charge in [-0.25, -0.2) is 14.0 Å². The minimum atomic E-state index is -0.779. The van der Waals surface area contributed by atoms with E-state index in [4.69, 9.17) is 31.5 Å². The number of anilines is 1. The Morgan fingerprint density at radius 3 is 2.27 bits per heavy atom. The average molecular weight is 458 g/mol. The SMILES string of the molecule is CC(C)(C)OC(=O)COc1c(C(=O)OC(C)(C)C)sc(-c2cccc(N)c2F)c1Cl. The number of halogens is 2. The van der Waals surface area contributed by atoms with Crippen LogP contribution in [0.15, 0.2) is 18.2 Å². The van der Waals surface area contributed by atoms with E-state index in [0.29, 0.717) is 0 Å². The van der Waals surface area contributed by atoms with Crippen LogP contribution in [0.4, 0.5) is 10.1 Å². The molecule has 0 amide bonds. The quantitative estimate of drug-likeness (QED) is 0.473. The molecular weight excluding hydrogens is 433 g/mol. The minimum Gasteiger partial charge on any atom is -0.479 e. The molecule has 6 nitrogen and oxygen atoms in total. The molecule has 0 aliphatic rings. The highest BCUT2D eigenvalue weighted by atomic mass is 35.5. The largest absolute Gasteiger partial charge is 0.479 e. The molecule has 164 valence electrons. The molecule has 0 spiro atoms. The zero-order valence-electron chi connectivity index (χ0n) is 17.7. The van der Waals surface area contributed by atoms with E-state index in [1.807, 2.05) is 0 Å². The van der Waals surface area contributed by atoms with Gasteiger partial charge in [-0.05, 0) is 47.6 Å². The van der Waals surface area contributed by atoms with Crippen molar-refractivity contribution in [3.63, 3.8) is 0 Å². The van der Waals surface area contributed by atoms with E-state index in [-0.39, 0.29) is 31.8 Å². The van der Waals surface area contributed by atoms with Gasteiger partial charge in [0, 0.05) is 5.56 Å². The fraction of sp³-hybridized carbons (Fsp3) is 0.429. The van der Waals surface area contributed by atoms with Gasteiger partial charge in [0.15, 0.2) is 23.1 Å². The summed E-state index contributed by atoms with van der Waals surface area (Å²) in [5.74, 6) is -2.09. The summed E-state index contributed by atoms with van der Waals surface area (Å²) in [5, 5.41) is -0.0195. The van der Waals surface area contributed by atoms with Crippen LogP contribution in [-0.2, 0) is 14.3 Å². The van der Waals surface area contributed by atoms with Crippen molar-refractivity contribution in [2.24, 2.45) is 0 Å². The van der Waals surface area contributed by atoms with Crippen LogP contribution in [0, 0.1) is 5.82 Å².